The molecule has 43 heavy (non-hydrogen) atoms. The molecule has 3 N–H and O–H groups in total. The van der Waals surface area contributed by atoms with Gasteiger partial charge in [0.2, 0.25) is 5.91 Å². The molecule has 216 valence electrons. The number of amides is 3. The molecule has 1 fully saturated rings. The second-order valence-electron chi connectivity index (χ2n) is 10.1. The van der Waals surface area contributed by atoms with Gasteiger partial charge in [-0.05, 0) is 72.8 Å². The molecule has 0 unspecified atom stereocenters. The van der Waals surface area contributed by atoms with Crippen molar-refractivity contribution in [3.8, 4) is 22.6 Å². The van der Waals surface area contributed by atoms with Crippen LogP contribution in [0.15, 0.2) is 91.1 Å². The minimum atomic E-state index is -0.378. The fraction of sp³-hybridized carbons (Fsp3) is 0.182. The summed E-state index contributed by atoms with van der Waals surface area (Å²) in [7, 11) is 0. The number of hydrogen-bond acceptors (Lipinski definition) is 7. The first-order valence-corrected chi connectivity index (χ1v) is 14.2. The molecular weight excluding hydrogens is 542 g/mol. The van der Waals surface area contributed by atoms with E-state index in [-0.39, 0.29) is 11.9 Å². The molecule has 3 amide bonds. The van der Waals surface area contributed by atoms with E-state index in [0.29, 0.717) is 42.5 Å². The molecule has 5 aromatic rings. The Labute approximate surface area is 249 Å². The number of morpholine rings is 1. The molecule has 3 heterocycles. The molecule has 0 atom stereocenters. The normalized spacial score (nSPS) is 13.0. The lowest BCUT2D eigenvalue weighted by Crippen LogP contribution is -2.37. The van der Waals surface area contributed by atoms with Crippen LogP contribution in [0.4, 0.5) is 27.7 Å². The van der Waals surface area contributed by atoms with Crippen molar-refractivity contribution >= 4 is 45.7 Å². The van der Waals surface area contributed by atoms with Crippen LogP contribution < -0.4 is 20.9 Å². The number of anilines is 4. The monoisotopic (exact) mass is 573 g/mol. The summed E-state index contributed by atoms with van der Waals surface area (Å²) >= 11 is 0. The fourth-order valence-corrected chi connectivity index (χ4v) is 4.83. The van der Waals surface area contributed by atoms with Crippen molar-refractivity contribution in [1.29, 1.82) is 0 Å². The Kier molecular flexibility index (Phi) is 8.19. The highest BCUT2D eigenvalue weighted by molar-refractivity contribution is 6.00. The number of carbonyl (C=O) groups is 2. The molecule has 1 aliphatic heterocycles. The minimum Gasteiger partial charge on any atom is -0.378 e. The van der Waals surface area contributed by atoms with Gasteiger partial charge in [0.25, 0.3) is 0 Å². The zero-order valence-corrected chi connectivity index (χ0v) is 23.7. The van der Waals surface area contributed by atoms with Crippen LogP contribution in [0, 0.1) is 0 Å². The van der Waals surface area contributed by atoms with Crippen LogP contribution in [-0.2, 0) is 9.53 Å². The third-order valence-corrected chi connectivity index (χ3v) is 7.10. The summed E-state index contributed by atoms with van der Waals surface area (Å²) in [5, 5.41) is 9.42. The summed E-state index contributed by atoms with van der Waals surface area (Å²) in [4.78, 5) is 40.9. The summed E-state index contributed by atoms with van der Waals surface area (Å²) in [6.45, 7) is 4.59. The van der Waals surface area contributed by atoms with Crippen LogP contribution in [0.3, 0.4) is 0 Å². The number of rotatable bonds is 7. The van der Waals surface area contributed by atoms with Crippen LogP contribution in [0.25, 0.3) is 33.5 Å². The number of nitrogens with one attached hydrogen (secondary N) is 3. The summed E-state index contributed by atoms with van der Waals surface area (Å²) in [6, 6.07) is 26.0. The Bertz CT molecular complexity index is 1740. The first-order chi connectivity index (χ1) is 21.1. The molecule has 0 aliphatic carbocycles. The zero-order chi connectivity index (χ0) is 29.6. The standard InChI is InChI=1S/C33H31N7O3/c1-2-30(41)35-24-11-13-26(14-12-24)37-33(42)36-25-9-6-22(7-10-25)31-38-29-21-23(28-5-3-4-16-34-28)8-15-27(29)32(39-31)40-17-19-43-20-18-40/h3-16,21H,2,17-20H2,1H3,(H,35,41)(H2,36,37,42). The van der Waals surface area contributed by atoms with E-state index in [1.54, 1.807) is 37.4 Å². The number of fused-ring (bicyclic) bond motifs is 1. The number of benzene rings is 3. The van der Waals surface area contributed by atoms with Gasteiger partial charge in [-0.1, -0.05) is 19.1 Å². The van der Waals surface area contributed by atoms with Gasteiger partial charge in [0.15, 0.2) is 5.82 Å². The van der Waals surface area contributed by atoms with E-state index in [2.05, 4.69) is 44.0 Å². The molecule has 10 nitrogen and oxygen atoms in total. The van der Waals surface area contributed by atoms with Crippen LogP contribution >= 0.6 is 0 Å². The zero-order valence-electron chi connectivity index (χ0n) is 23.7. The number of carbonyl (C=O) groups excluding carboxylic acids is 2. The number of aromatic nitrogens is 3. The van der Waals surface area contributed by atoms with E-state index < -0.39 is 0 Å². The Balaban J connectivity index is 1.22. The fourth-order valence-electron chi connectivity index (χ4n) is 4.83. The Morgan fingerprint density at radius 2 is 1.44 bits per heavy atom. The van der Waals surface area contributed by atoms with E-state index in [1.165, 1.54) is 0 Å². The maximum absolute atomic E-state index is 12.6. The van der Waals surface area contributed by atoms with Crippen LogP contribution in [0.2, 0.25) is 0 Å². The van der Waals surface area contributed by atoms with Gasteiger partial charge >= 0.3 is 6.03 Å². The lowest BCUT2D eigenvalue weighted by atomic mass is 10.1. The van der Waals surface area contributed by atoms with Crippen molar-refractivity contribution in [2.75, 3.05) is 47.2 Å². The van der Waals surface area contributed by atoms with Gasteiger partial charge in [0, 0.05) is 59.3 Å². The highest BCUT2D eigenvalue weighted by atomic mass is 16.5. The molecule has 0 spiro atoms. The Morgan fingerprint density at radius 1 is 0.791 bits per heavy atom. The average molecular weight is 574 g/mol. The summed E-state index contributed by atoms with van der Waals surface area (Å²) < 4.78 is 5.58. The summed E-state index contributed by atoms with van der Waals surface area (Å²) in [5.74, 6) is 1.40. The van der Waals surface area contributed by atoms with Crippen LogP contribution in [0.5, 0.6) is 0 Å². The van der Waals surface area contributed by atoms with Gasteiger partial charge in [0.05, 0.1) is 24.4 Å². The summed E-state index contributed by atoms with van der Waals surface area (Å²) in [5.41, 5.74) is 5.43. The van der Waals surface area contributed by atoms with Gasteiger partial charge in [-0.25, -0.2) is 14.8 Å². The molecule has 1 saturated heterocycles. The van der Waals surface area contributed by atoms with Crippen molar-refractivity contribution < 1.29 is 14.3 Å². The van der Waals surface area contributed by atoms with Gasteiger partial charge in [0.1, 0.15) is 5.82 Å². The first-order valence-electron chi connectivity index (χ1n) is 14.2. The third kappa shape index (κ3) is 6.60. The SMILES string of the molecule is CCC(=O)Nc1ccc(NC(=O)Nc2ccc(-c3nc(N4CCOCC4)c4ccc(-c5ccccn5)cc4n3)cc2)cc1. The molecule has 10 heteroatoms. The molecule has 3 aromatic carbocycles. The van der Waals surface area contributed by atoms with Gasteiger partial charge in [-0.3, -0.25) is 9.78 Å². The molecule has 1 aliphatic rings. The molecule has 6 rings (SSSR count). The molecule has 0 bridgehead atoms. The van der Waals surface area contributed by atoms with Crippen molar-refractivity contribution in [1.82, 2.24) is 15.0 Å². The predicted molar refractivity (Wildman–Crippen MR) is 169 cm³/mol. The van der Waals surface area contributed by atoms with E-state index in [0.717, 1.165) is 46.6 Å². The van der Waals surface area contributed by atoms with Crippen LogP contribution in [0.1, 0.15) is 13.3 Å². The van der Waals surface area contributed by atoms with Crippen LogP contribution in [-0.4, -0.2) is 53.2 Å². The topological polar surface area (TPSA) is 121 Å². The highest BCUT2D eigenvalue weighted by Gasteiger charge is 2.19. The van der Waals surface area contributed by atoms with E-state index in [1.807, 2.05) is 42.5 Å². The molecule has 0 saturated carbocycles. The maximum Gasteiger partial charge on any atom is 0.323 e. The largest absolute Gasteiger partial charge is 0.378 e. The Morgan fingerprint density at radius 3 is 2.09 bits per heavy atom. The first kappa shape index (κ1) is 27.8. The average Bonchev–Trinajstić information content (AvgIpc) is 3.06. The quantitative estimate of drug-likeness (QED) is 0.212. The van der Waals surface area contributed by atoms with Gasteiger partial charge in [-0.15, -0.1) is 0 Å². The van der Waals surface area contributed by atoms with Crippen molar-refractivity contribution in [2.24, 2.45) is 0 Å². The lowest BCUT2D eigenvalue weighted by Gasteiger charge is -2.29. The van der Waals surface area contributed by atoms with E-state index in [9.17, 15) is 9.59 Å². The molecular formula is C33H31N7O3. The smallest absolute Gasteiger partial charge is 0.323 e. The number of nitrogens with zero attached hydrogens (tertiary/aromatic N) is 4. The predicted octanol–water partition coefficient (Wildman–Crippen LogP) is 6.19. The number of ether oxygens (including phenoxy) is 1. The van der Waals surface area contributed by atoms with Crippen molar-refractivity contribution in [3.05, 3.63) is 91.1 Å². The van der Waals surface area contributed by atoms with E-state index in [4.69, 9.17) is 14.7 Å². The number of pyridine rings is 1. The second-order valence-corrected chi connectivity index (χ2v) is 10.1. The van der Waals surface area contributed by atoms with Gasteiger partial charge in [-0.2, -0.15) is 0 Å². The highest BCUT2D eigenvalue weighted by Crippen LogP contribution is 2.31. The lowest BCUT2D eigenvalue weighted by molar-refractivity contribution is -0.115. The van der Waals surface area contributed by atoms with Crippen molar-refractivity contribution in [3.63, 3.8) is 0 Å². The maximum atomic E-state index is 12.6. The Hall–Kier alpha value is -5.35. The van der Waals surface area contributed by atoms with Gasteiger partial charge < -0.3 is 25.6 Å². The van der Waals surface area contributed by atoms with E-state index >= 15 is 0 Å². The third-order valence-electron chi connectivity index (χ3n) is 7.10. The molecule has 2 aromatic heterocycles. The van der Waals surface area contributed by atoms with Crippen molar-refractivity contribution in [2.45, 2.75) is 13.3 Å². The number of urea groups is 1. The minimum absolute atomic E-state index is 0.0671. The second kappa shape index (κ2) is 12.7. The summed E-state index contributed by atoms with van der Waals surface area (Å²) in [6.07, 6.45) is 2.18. The molecule has 0 radical (unpaired) electrons. The number of hydrogen-bond donors (Lipinski definition) is 3.